The quantitative estimate of drug-likeness (QED) is 0.788. The van der Waals surface area contributed by atoms with Gasteiger partial charge in [-0.05, 0) is 32.0 Å². The van der Waals surface area contributed by atoms with E-state index < -0.39 is 15.6 Å². The molecule has 2 aromatic carbocycles. The molecule has 0 radical (unpaired) electrons. The maximum atomic E-state index is 14.1. The fourth-order valence-electron chi connectivity index (χ4n) is 4.11. The first kappa shape index (κ1) is 19.4. The average Bonchev–Trinajstić information content (AvgIpc) is 3.00. The number of likely N-dealkylation sites (tertiary alicyclic amines) is 1. The summed E-state index contributed by atoms with van der Waals surface area (Å²) in [7, 11) is -3.64. The number of fused-ring (bicyclic) bond motifs is 1. The summed E-state index contributed by atoms with van der Waals surface area (Å²) in [6.07, 6.45) is 0.689. The van der Waals surface area contributed by atoms with Gasteiger partial charge < -0.3 is 4.74 Å². The summed E-state index contributed by atoms with van der Waals surface area (Å²) in [6, 6.07) is 13.4. The molecule has 5 nitrogen and oxygen atoms in total. The van der Waals surface area contributed by atoms with Gasteiger partial charge >= 0.3 is 0 Å². The number of rotatable bonds is 3. The second kappa shape index (κ2) is 7.13. The second-order valence-corrected chi connectivity index (χ2v) is 9.79. The lowest BCUT2D eigenvalue weighted by atomic mass is 10.0. The van der Waals surface area contributed by atoms with E-state index >= 15 is 0 Å². The van der Waals surface area contributed by atoms with Crippen molar-refractivity contribution in [3.8, 4) is 5.75 Å². The fourth-order valence-corrected chi connectivity index (χ4v) is 5.94. The third-order valence-electron chi connectivity index (χ3n) is 5.53. The zero-order valence-corrected chi connectivity index (χ0v) is 17.0. The Morgan fingerprint density at radius 3 is 2.57 bits per heavy atom. The molecule has 0 amide bonds. The molecule has 0 N–H and O–H groups in total. The number of hydrogen-bond acceptors (Lipinski definition) is 4. The number of nitrogens with zero attached hydrogens (tertiary/aromatic N) is 2. The summed E-state index contributed by atoms with van der Waals surface area (Å²) in [5, 5.41) is 0. The van der Waals surface area contributed by atoms with E-state index in [0.717, 1.165) is 6.54 Å². The Kier molecular flexibility index (Phi) is 4.93. The highest BCUT2D eigenvalue weighted by molar-refractivity contribution is 7.89. The lowest BCUT2D eigenvalue weighted by Crippen LogP contribution is -2.51. The van der Waals surface area contributed by atoms with E-state index in [1.54, 1.807) is 36.4 Å². The Morgan fingerprint density at radius 2 is 1.82 bits per heavy atom. The van der Waals surface area contributed by atoms with Crippen LogP contribution in [0, 0.1) is 5.82 Å². The van der Waals surface area contributed by atoms with Crippen LogP contribution < -0.4 is 4.74 Å². The molecular formula is C21H25FN2O3S. The molecule has 0 aliphatic carbocycles. The molecule has 1 fully saturated rings. The number of ether oxygens (including phenoxy) is 1. The van der Waals surface area contributed by atoms with Crippen LogP contribution in [0.3, 0.4) is 0 Å². The molecule has 1 atom stereocenters. The molecule has 1 saturated heterocycles. The van der Waals surface area contributed by atoms with Crippen LogP contribution in [0.4, 0.5) is 4.39 Å². The molecule has 0 saturated carbocycles. The van der Waals surface area contributed by atoms with Gasteiger partial charge in [0.25, 0.3) is 0 Å². The summed E-state index contributed by atoms with van der Waals surface area (Å²) in [5.41, 5.74) is -0.00299. The second-order valence-electron chi connectivity index (χ2n) is 7.93. The summed E-state index contributed by atoms with van der Waals surface area (Å²) < 4.78 is 48.4. The van der Waals surface area contributed by atoms with Gasteiger partial charge in [0.1, 0.15) is 22.1 Å². The Morgan fingerprint density at radius 1 is 1.11 bits per heavy atom. The number of sulfonamides is 1. The molecule has 2 aliphatic rings. The van der Waals surface area contributed by atoms with E-state index in [2.05, 4.69) is 4.90 Å². The van der Waals surface area contributed by atoms with Crippen LogP contribution in [0.15, 0.2) is 53.4 Å². The minimum Gasteiger partial charge on any atom is -0.483 e. The van der Waals surface area contributed by atoms with Crippen molar-refractivity contribution < 1.29 is 17.5 Å². The van der Waals surface area contributed by atoms with E-state index in [0.29, 0.717) is 30.8 Å². The molecule has 150 valence electrons. The summed E-state index contributed by atoms with van der Waals surface area (Å²) in [5.74, 6) is 0.181. The highest BCUT2D eigenvalue weighted by atomic mass is 32.2. The first-order valence-corrected chi connectivity index (χ1v) is 11.0. The van der Waals surface area contributed by atoms with Gasteiger partial charge in [-0.25, -0.2) is 12.8 Å². The smallest absolute Gasteiger partial charge is 0.247 e. The SMILES string of the molecule is CC(C)N1CC2(CCN(Cc3ccccc3F)C2)Oc2ccccc2S1(=O)=O. The van der Waals surface area contributed by atoms with E-state index in [9.17, 15) is 12.8 Å². The van der Waals surface area contributed by atoms with Gasteiger partial charge in [0.05, 0.1) is 6.54 Å². The lowest BCUT2D eigenvalue weighted by Gasteiger charge is -2.33. The molecule has 1 unspecified atom stereocenters. The number of halogens is 1. The predicted molar refractivity (Wildman–Crippen MR) is 105 cm³/mol. The minimum atomic E-state index is -3.64. The van der Waals surface area contributed by atoms with Gasteiger partial charge in [-0.1, -0.05) is 30.3 Å². The normalized spacial score (nSPS) is 24.9. The topological polar surface area (TPSA) is 49.9 Å². The van der Waals surface area contributed by atoms with Crippen LogP contribution in [0.25, 0.3) is 0 Å². The molecule has 4 rings (SSSR count). The molecule has 2 heterocycles. The Labute approximate surface area is 165 Å². The lowest BCUT2D eigenvalue weighted by molar-refractivity contribution is 0.0531. The van der Waals surface area contributed by atoms with Crippen molar-refractivity contribution in [2.75, 3.05) is 19.6 Å². The highest BCUT2D eigenvalue weighted by Crippen LogP contribution is 2.39. The van der Waals surface area contributed by atoms with Gasteiger partial charge in [0.15, 0.2) is 0 Å². The van der Waals surface area contributed by atoms with Crippen LogP contribution in [0.5, 0.6) is 5.75 Å². The summed E-state index contributed by atoms with van der Waals surface area (Å²) >= 11 is 0. The van der Waals surface area contributed by atoms with Crippen LogP contribution in [0.1, 0.15) is 25.8 Å². The number of para-hydroxylation sites is 1. The van der Waals surface area contributed by atoms with Crippen molar-refractivity contribution in [1.82, 2.24) is 9.21 Å². The summed E-state index contributed by atoms with van der Waals surface area (Å²) in [4.78, 5) is 2.35. The Balaban J connectivity index is 1.66. The van der Waals surface area contributed by atoms with Crippen molar-refractivity contribution in [2.24, 2.45) is 0 Å². The third kappa shape index (κ3) is 3.43. The Hall–Kier alpha value is -1.96. The first-order valence-electron chi connectivity index (χ1n) is 9.56. The van der Waals surface area contributed by atoms with E-state index in [4.69, 9.17) is 4.74 Å². The van der Waals surface area contributed by atoms with Crippen molar-refractivity contribution >= 4 is 10.0 Å². The highest BCUT2D eigenvalue weighted by Gasteiger charge is 2.48. The van der Waals surface area contributed by atoms with Gasteiger partial charge in [-0.2, -0.15) is 4.31 Å². The average molecular weight is 405 g/mol. The molecular weight excluding hydrogens is 379 g/mol. The Bertz CT molecular complexity index is 979. The predicted octanol–water partition coefficient (Wildman–Crippen LogP) is 3.26. The number of benzene rings is 2. The van der Waals surface area contributed by atoms with Crippen LogP contribution in [0.2, 0.25) is 0 Å². The third-order valence-corrected chi connectivity index (χ3v) is 7.59. The van der Waals surface area contributed by atoms with E-state index in [-0.39, 0.29) is 23.3 Å². The van der Waals surface area contributed by atoms with Gasteiger partial charge in [-0.3, -0.25) is 4.90 Å². The largest absolute Gasteiger partial charge is 0.483 e. The standard InChI is InChI=1S/C21H25FN2O3S/c1-16(2)24-15-21(27-19-9-5-6-10-20(19)28(24,25)26)11-12-23(14-21)13-17-7-3-4-8-18(17)22/h3-10,16H,11-15H2,1-2H3. The first-order chi connectivity index (χ1) is 13.3. The van der Waals surface area contributed by atoms with Gasteiger partial charge in [0, 0.05) is 37.7 Å². The number of hydrogen-bond donors (Lipinski definition) is 0. The fraction of sp³-hybridized carbons (Fsp3) is 0.429. The van der Waals surface area contributed by atoms with Crippen LogP contribution in [-0.4, -0.2) is 48.9 Å². The maximum absolute atomic E-state index is 14.1. The minimum absolute atomic E-state index is 0.183. The van der Waals surface area contributed by atoms with Gasteiger partial charge in [-0.15, -0.1) is 0 Å². The van der Waals surface area contributed by atoms with Crippen molar-refractivity contribution in [2.45, 2.75) is 43.4 Å². The van der Waals surface area contributed by atoms with Crippen molar-refractivity contribution in [3.63, 3.8) is 0 Å². The monoisotopic (exact) mass is 404 g/mol. The molecule has 0 bridgehead atoms. The molecule has 0 aromatic heterocycles. The van der Waals surface area contributed by atoms with Crippen LogP contribution >= 0.6 is 0 Å². The van der Waals surface area contributed by atoms with Gasteiger partial charge in [0.2, 0.25) is 10.0 Å². The maximum Gasteiger partial charge on any atom is 0.247 e. The molecule has 2 aromatic rings. The van der Waals surface area contributed by atoms with E-state index in [1.165, 1.54) is 10.4 Å². The van der Waals surface area contributed by atoms with Crippen molar-refractivity contribution in [3.05, 3.63) is 59.9 Å². The molecule has 2 aliphatic heterocycles. The van der Waals surface area contributed by atoms with E-state index in [1.807, 2.05) is 19.9 Å². The molecule has 7 heteroatoms. The zero-order valence-electron chi connectivity index (χ0n) is 16.1. The zero-order chi connectivity index (χ0) is 19.9. The molecule has 1 spiro atoms. The van der Waals surface area contributed by atoms with Crippen LogP contribution in [-0.2, 0) is 16.6 Å². The van der Waals surface area contributed by atoms with Crippen molar-refractivity contribution in [1.29, 1.82) is 0 Å². The molecule has 28 heavy (non-hydrogen) atoms. The summed E-state index contributed by atoms with van der Waals surface area (Å²) in [6.45, 7) is 5.80.